The summed E-state index contributed by atoms with van der Waals surface area (Å²) in [7, 11) is 0. The Kier molecular flexibility index (Phi) is 5.82. The summed E-state index contributed by atoms with van der Waals surface area (Å²) < 4.78 is 0. The van der Waals surface area contributed by atoms with E-state index < -0.39 is 12.1 Å². The van der Waals surface area contributed by atoms with Crippen molar-refractivity contribution in [3.8, 4) is 0 Å². The second kappa shape index (κ2) is 7.13. The Morgan fingerprint density at radius 1 is 1.22 bits per heavy atom. The summed E-state index contributed by atoms with van der Waals surface area (Å²) in [6.07, 6.45) is -0.529. The van der Waals surface area contributed by atoms with Crippen molar-refractivity contribution in [2.45, 2.75) is 32.3 Å². The summed E-state index contributed by atoms with van der Waals surface area (Å²) in [6.45, 7) is 4.99. The van der Waals surface area contributed by atoms with E-state index in [9.17, 15) is 9.90 Å². The van der Waals surface area contributed by atoms with Gasteiger partial charge in [0, 0.05) is 13.1 Å². The van der Waals surface area contributed by atoms with Crippen molar-refractivity contribution in [2.75, 3.05) is 13.1 Å². The molecule has 100 valence electrons. The smallest absolute Gasteiger partial charge is 0.304 e. The first-order valence-electron chi connectivity index (χ1n) is 6.21. The lowest BCUT2D eigenvalue weighted by molar-refractivity contribution is -0.136. The van der Waals surface area contributed by atoms with Gasteiger partial charge in [0.2, 0.25) is 0 Å². The number of hydrogen-bond acceptors (Lipinski definition) is 3. The van der Waals surface area contributed by atoms with Crippen molar-refractivity contribution in [3.05, 3.63) is 35.4 Å². The fourth-order valence-electron chi connectivity index (χ4n) is 1.66. The number of benzene rings is 1. The van der Waals surface area contributed by atoms with Gasteiger partial charge in [0.25, 0.3) is 0 Å². The van der Waals surface area contributed by atoms with Crippen LogP contribution < -0.4 is 5.32 Å². The maximum absolute atomic E-state index is 10.3. The third-order valence-corrected chi connectivity index (χ3v) is 2.84. The van der Waals surface area contributed by atoms with E-state index in [0.29, 0.717) is 19.0 Å². The first-order valence-corrected chi connectivity index (χ1v) is 6.21. The Morgan fingerprint density at radius 3 is 2.28 bits per heavy atom. The van der Waals surface area contributed by atoms with Crippen molar-refractivity contribution in [3.63, 3.8) is 0 Å². The van der Waals surface area contributed by atoms with Crippen molar-refractivity contribution in [2.24, 2.45) is 0 Å². The molecule has 0 fully saturated rings. The summed E-state index contributed by atoms with van der Waals surface area (Å²) in [6, 6.07) is 7.86. The maximum Gasteiger partial charge on any atom is 0.304 e. The highest BCUT2D eigenvalue weighted by Crippen LogP contribution is 2.18. The van der Waals surface area contributed by atoms with Gasteiger partial charge in [0.1, 0.15) is 0 Å². The molecule has 1 rings (SSSR count). The number of aliphatic hydroxyl groups excluding tert-OH is 1. The highest BCUT2D eigenvalue weighted by atomic mass is 16.4. The zero-order valence-corrected chi connectivity index (χ0v) is 10.9. The number of carbonyl (C=O) groups is 1. The SMILES string of the molecule is CC(C)c1ccc(C(O)CNCCC(=O)O)cc1. The molecule has 4 heteroatoms. The summed E-state index contributed by atoms with van der Waals surface area (Å²) in [4.78, 5) is 10.3. The number of nitrogens with one attached hydrogen (secondary N) is 1. The quantitative estimate of drug-likeness (QED) is 0.647. The van der Waals surface area contributed by atoms with Gasteiger partial charge in [-0.15, -0.1) is 0 Å². The number of carboxylic acids is 1. The van der Waals surface area contributed by atoms with Crippen LogP contribution in [0.3, 0.4) is 0 Å². The fraction of sp³-hybridized carbons (Fsp3) is 0.500. The van der Waals surface area contributed by atoms with Crippen molar-refractivity contribution >= 4 is 5.97 Å². The van der Waals surface area contributed by atoms with Gasteiger partial charge in [0.05, 0.1) is 12.5 Å². The largest absolute Gasteiger partial charge is 0.481 e. The molecule has 0 amide bonds. The average Bonchev–Trinajstić information content (AvgIpc) is 2.34. The Hall–Kier alpha value is -1.39. The van der Waals surface area contributed by atoms with E-state index in [0.717, 1.165) is 5.56 Å². The number of hydrogen-bond donors (Lipinski definition) is 3. The Balaban J connectivity index is 2.41. The molecule has 0 aromatic heterocycles. The van der Waals surface area contributed by atoms with Gasteiger partial charge < -0.3 is 15.5 Å². The van der Waals surface area contributed by atoms with Gasteiger partial charge in [-0.25, -0.2) is 0 Å². The zero-order chi connectivity index (χ0) is 13.5. The van der Waals surface area contributed by atoms with E-state index in [-0.39, 0.29) is 6.42 Å². The molecule has 0 saturated heterocycles. The Morgan fingerprint density at radius 2 is 1.78 bits per heavy atom. The Bertz CT molecular complexity index is 373. The van der Waals surface area contributed by atoms with E-state index in [2.05, 4.69) is 19.2 Å². The number of aliphatic hydroxyl groups is 1. The maximum atomic E-state index is 10.3. The van der Waals surface area contributed by atoms with Gasteiger partial charge in [-0.1, -0.05) is 38.1 Å². The van der Waals surface area contributed by atoms with Crippen LogP contribution in [0.25, 0.3) is 0 Å². The summed E-state index contributed by atoms with van der Waals surface area (Å²) in [5.41, 5.74) is 2.09. The van der Waals surface area contributed by atoms with Crippen LogP contribution in [0.15, 0.2) is 24.3 Å². The van der Waals surface area contributed by atoms with Crippen molar-refractivity contribution in [1.82, 2.24) is 5.32 Å². The molecular formula is C14H21NO3. The zero-order valence-electron chi connectivity index (χ0n) is 10.9. The van der Waals surface area contributed by atoms with Gasteiger partial charge in [-0.3, -0.25) is 4.79 Å². The molecule has 4 nitrogen and oxygen atoms in total. The first kappa shape index (κ1) is 14.7. The molecule has 0 bridgehead atoms. The van der Waals surface area contributed by atoms with Crippen LogP contribution in [0.1, 0.15) is 43.4 Å². The van der Waals surface area contributed by atoms with Gasteiger partial charge in [-0.2, -0.15) is 0 Å². The van der Waals surface area contributed by atoms with Gasteiger partial charge >= 0.3 is 5.97 Å². The van der Waals surface area contributed by atoms with Crippen LogP contribution in [-0.2, 0) is 4.79 Å². The predicted octanol–water partition coefficient (Wildman–Crippen LogP) is 1.91. The lowest BCUT2D eigenvalue weighted by atomic mass is 10.00. The van der Waals surface area contributed by atoms with E-state index in [1.807, 2.05) is 24.3 Å². The third kappa shape index (κ3) is 4.85. The summed E-state index contributed by atoms with van der Waals surface area (Å²) in [5.74, 6) is -0.358. The minimum absolute atomic E-state index is 0.0685. The van der Waals surface area contributed by atoms with Crippen LogP contribution in [0.2, 0.25) is 0 Å². The van der Waals surface area contributed by atoms with E-state index in [1.54, 1.807) is 0 Å². The molecule has 1 aromatic rings. The molecule has 1 unspecified atom stereocenters. The van der Waals surface area contributed by atoms with Gasteiger partial charge in [-0.05, 0) is 17.0 Å². The lowest BCUT2D eigenvalue weighted by Gasteiger charge is -2.13. The summed E-state index contributed by atoms with van der Waals surface area (Å²) >= 11 is 0. The second-order valence-electron chi connectivity index (χ2n) is 4.69. The molecular weight excluding hydrogens is 230 g/mol. The molecule has 0 aliphatic carbocycles. The highest BCUT2D eigenvalue weighted by Gasteiger charge is 2.08. The number of carboxylic acid groups (broad SMARTS) is 1. The molecule has 0 aliphatic rings. The van der Waals surface area contributed by atoms with Crippen LogP contribution >= 0.6 is 0 Å². The van der Waals surface area contributed by atoms with E-state index in [1.165, 1.54) is 5.56 Å². The van der Waals surface area contributed by atoms with Crippen LogP contribution in [0, 0.1) is 0 Å². The van der Waals surface area contributed by atoms with Gasteiger partial charge in [0.15, 0.2) is 0 Å². The molecule has 1 aromatic carbocycles. The molecule has 0 radical (unpaired) electrons. The summed E-state index contributed by atoms with van der Waals surface area (Å²) in [5, 5.41) is 21.3. The Labute approximate surface area is 108 Å². The van der Waals surface area contributed by atoms with Crippen molar-refractivity contribution in [1.29, 1.82) is 0 Å². The molecule has 0 aliphatic heterocycles. The molecule has 0 saturated carbocycles. The standard InChI is InChI=1S/C14H21NO3/c1-10(2)11-3-5-12(6-4-11)13(16)9-15-8-7-14(17)18/h3-6,10,13,15-16H,7-9H2,1-2H3,(H,17,18). The highest BCUT2D eigenvalue weighted by molar-refractivity contribution is 5.66. The minimum atomic E-state index is -0.835. The normalized spacial score (nSPS) is 12.7. The van der Waals surface area contributed by atoms with Crippen LogP contribution in [-0.4, -0.2) is 29.3 Å². The topological polar surface area (TPSA) is 69.6 Å². The molecule has 18 heavy (non-hydrogen) atoms. The predicted molar refractivity (Wildman–Crippen MR) is 70.6 cm³/mol. The van der Waals surface area contributed by atoms with E-state index >= 15 is 0 Å². The second-order valence-corrected chi connectivity index (χ2v) is 4.69. The molecule has 3 N–H and O–H groups in total. The minimum Gasteiger partial charge on any atom is -0.481 e. The molecule has 1 atom stereocenters. The fourth-order valence-corrected chi connectivity index (χ4v) is 1.66. The van der Waals surface area contributed by atoms with Crippen molar-refractivity contribution < 1.29 is 15.0 Å². The lowest BCUT2D eigenvalue weighted by Crippen LogP contribution is -2.24. The van der Waals surface area contributed by atoms with E-state index in [4.69, 9.17) is 5.11 Å². The van der Waals surface area contributed by atoms with Crippen LogP contribution in [0.4, 0.5) is 0 Å². The first-order chi connectivity index (χ1) is 8.50. The number of rotatable bonds is 7. The molecule has 0 spiro atoms. The third-order valence-electron chi connectivity index (χ3n) is 2.84. The van der Waals surface area contributed by atoms with Crippen LogP contribution in [0.5, 0.6) is 0 Å². The molecule has 0 heterocycles. The number of aliphatic carboxylic acids is 1. The average molecular weight is 251 g/mol. The monoisotopic (exact) mass is 251 g/mol.